The standard InChI is InChI=1S/C17H26N4.C2H6/c1-4-5-6-7-12-20-17-15(10-9-14(3)21-17)16(19)11-8-13(2)18;1-2/h8-11,18-19H,4-7,12H2,1-3H3,(H,20,21);1-2H3/b11-8-,18-13?,19-16?;. The van der Waals surface area contributed by atoms with E-state index in [1.165, 1.54) is 19.3 Å². The molecule has 23 heavy (non-hydrogen) atoms. The molecule has 0 spiro atoms. The first-order valence-electron chi connectivity index (χ1n) is 8.58. The Morgan fingerprint density at radius 2 is 1.83 bits per heavy atom. The number of allylic oxidation sites excluding steroid dienone is 2. The van der Waals surface area contributed by atoms with E-state index in [0.717, 1.165) is 30.0 Å². The third-order valence-electron chi connectivity index (χ3n) is 3.15. The first-order chi connectivity index (χ1) is 11.0. The normalized spacial score (nSPS) is 10.1. The summed E-state index contributed by atoms with van der Waals surface area (Å²) in [5.74, 6) is 0.767. The molecule has 1 rings (SSSR count). The number of hydrogen-bond donors (Lipinski definition) is 3. The largest absolute Gasteiger partial charge is 0.370 e. The lowest BCUT2D eigenvalue weighted by Crippen LogP contribution is -2.10. The van der Waals surface area contributed by atoms with Crippen LogP contribution in [0.5, 0.6) is 0 Å². The summed E-state index contributed by atoms with van der Waals surface area (Å²) >= 11 is 0. The number of pyridine rings is 1. The van der Waals surface area contributed by atoms with Gasteiger partial charge < -0.3 is 16.1 Å². The van der Waals surface area contributed by atoms with Crippen LogP contribution in [0.3, 0.4) is 0 Å². The Labute approximate surface area is 141 Å². The minimum Gasteiger partial charge on any atom is -0.370 e. The highest BCUT2D eigenvalue weighted by atomic mass is 15.0. The summed E-state index contributed by atoms with van der Waals surface area (Å²) in [6.07, 6.45) is 8.10. The fraction of sp³-hybridized carbons (Fsp3) is 0.526. The van der Waals surface area contributed by atoms with Gasteiger partial charge in [-0.3, -0.25) is 0 Å². The topological polar surface area (TPSA) is 72.6 Å². The number of unbranched alkanes of at least 4 members (excludes halogenated alkanes) is 3. The van der Waals surface area contributed by atoms with Crippen LogP contribution >= 0.6 is 0 Å². The van der Waals surface area contributed by atoms with Crippen molar-refractivity contribution in [2.24, 2.45) is 0 Å². The molecule has 0 aliphatic rings. The van der Waals surface area contributed by atoms with Gasteiger partial charge in [0, 0.05) is 23.5 Å². The zero-order valence-electron chi connectivity index (χ0n) is 15.3. The molecular formula is C19H32N4. The van der Waals surface area contributed by atoms with Crippen molar-refractivity contribution in [2.75, 3.05) is 11.9 Å². The highest BCUT2D eigenvalue weighted by Gasteiger charge is 2.07. The van der Waals surface area contributed by atoms with E-state index in [4.69, 9.17) is 10.8 Å². The van der Waals surface area contributed by atoms with Crippen LogP contribution in [0.4, 0.5) is 5.82 Å². The fourth-order valence-corrected chi connectivity index (χ4v) is 1.97. The number of aryl methyl sites for hydroxylation is 1. The van der Waals surface area contributed by atoms with Crippen molar-refractivity contribution in [2.45, 2.75) is 60.3 Å². The molecule has 1 heterocycles. The van der Waals surface area contributed by atoms with Gasteiger partial charge in [0.05, 0.1) is 5.71 Å². The first-order valence-corrected chi connectivity index (χ1v) is 8.58. The van der Waals surface area contributed by atoms with E-state index in [1.807, 2.05) is 32.9 Å². The van der Waals surface area contributed by atoms with Crippen LogP contribution in [0.2, 0.25) is 0 Å². The van der Waals surface area contributed by atoms with Gasteiger partial charge in [-0.25, -0.2) is 4.98 Å². The van der Waals surface area contributed by atoms with E-state index in [1.54, 1.807) is 19.1 Å². The molecule has 0 atom stereocenters. The monoisotopic (exact) mass is 316 g/mol. The predicted molar refractivity (Wildman–Crippen MR) is 102 cm³/mol. The average Bonchev–Trinajstić information content (AvgIpc) is 2.54. The van der Waals surface area contributed by atoms with E-state index in [2.05, 4.69) is 17.2 Å². The van der Waals surface area contributed by atoms with E-state index >= 15 is 0 Å². The second-order valence-corrected chi connectivity index (χ2v) is 5.27. The van der Waals surface area contributed by atoms with Crippen LogP contribution in [0.25, 0.3) is 0 Å². The maximum Gasteiger partial charge on any atom is 0.135 e. The van der Waals surface area contributed by atoms with Crippen LogP contribution < -0.4 is 5.32 Å². The van der Waals surface area contributed by atoms with E-state index < -0.39 is 0 Å². The molecule has 0 aromatic carbocycles. The Morgan fingerprint density at radius 3 is 2.43 bits per heavy atom. The summed E-state index contributed by atoms with van der Waals surface area (Å²) in [4.78, 5) is 4.50. The Morgan fingerprint density at radius 1 is 1.13 bits per heavy atom. The van der Waals surface area contributed by atoms with Gasteiger partial charge in [-0.1, -0.05) is 40.0 Å². The molecule has 1 aromatic heterocycles. The van der Waals surface area contributed by atoms with Crippen LogP contribution in [0, 0.1) is 17.7 Å². The molecule has 0 radical (unpaired) electrons. The molecule has 0 unspecified atom stereocenters. The lowest BCUT2D eigenvalue weighted by atomic mass is 10.1. The maximum absolute atomic E-state index is 8.12. The number of hydrogen-bond acceptors (Lipinski definition) is 4. The van der Waals surface area contributed by atoms with Gasteiger partial charge in [-0.2, -0.15) is 0 Å². The van der Waals surface area contributed by atoms with E-state index in [0.29, 0.717) is 11.4 Å². The fourth-order valence-electron chi connectivity index (χ4n) is 1.97. The minimum absolute atomic E-state index is 0.380. The van der Waals surface area contributed by atoms with Gasteiger partial charge in [0.25, 0.3) is 0 Å². The third-order valence-corrected chi connectivity index (χ3v) is 3.15. The molecule has 3 N–H and O–H groups in total. The van der Waals surface area contributed by atoms with Crippen LogP contribution in [0.1, 0.15) is 64.6 Å². The minimum atomic E-state index is 0.380. The smallest absolute Gasteiger partial charge is 0.135 e. The molecule has 0 fully saturated rings. The van der Waals surface area contributed by atoms with Crippen LogP contribution in [0.15, 0.2) is 24.3 Å². The molecule has 0 aliphatic carbocycles. The first kappa shape index (κ1) is 21.0. The number of anilines is 1. The van der Waals surface area contributed by atoms with Gasteiger partial charge in [-0.15, -0.1) is 0 Å². The molecule has 0 saturated carbocycles. The van der Waals surface area contributed by atoms with Crippen LogP contribution in [-0.2, 0) is 0 Å². The molecule has 0 bridgehead atoms. The zero-order chi connectivity index (χ0) is 17.7. The maximum atomic E-state index is 8.12. The number of nitrogens with one attached hydrogen (secondary N) is 3. The summed E-state index contributed by atoms with van der Waals surface area (Å²) in [5.41, 5.74) is 2.54. The number of rotatable bonds is 9. The molecule has 0 saturated heterocycles. The summed E-state index contributed by atoms with van der Waals surface area (Å²) in [7, 11) is 0. The van der Waals surface area contributed by atoms with Crippen molar-refractivity contribution in [1.82, 2.24) is 4.98 Å². The van der Waals surface area contributed by atoms with Crippen molar-refractivity contribution in [3.8, 4) is 0 Å². The van der Waals surface area contributed by atoms with Gasteiger partial charge >= 0.3 is 0 Å². The second-order valence-electron chi connectivity index (χ2n) is 5.27. The van der Waals surface area contributed by atoms with Gasteiger partial charge in [0.2, 0.25) is 0 Å². The van der Waals surface area contributed by atoms with Crippen molar-refractivity contribution in [3.05, 3.63) is 35.5 Å². The Hall–Kier alpha value is -1.97. The summed E-state index contributed by atoms with van der Waals surface area (Å²) in [6.45, 7) is 10.7. The molecule has 128 valence electrons. The quantitative estimate of drug-likeness (QED) is 0.423. The molecule has 4 heteroatoms. The number of aromatic nitrogens is 1. The summed E-state index contributed by atoms with van der Waals surface area (Å²) < 4.78 is 0. The van der Waals surface area contributed by atoms with Gasteiger partial charge in [0.1, 0.15) is 5.82 Å². The second kappa shape index (κ2) is 12.6. The van der Waals surface area contributed by atoms with Crippen molar-refractivity contribution < 1.29 is 0 Å². The molecule has 1 aromatic rings. The third kappa shape index (κ3) is 8.91. The highest BCUT2D eigenvalue weighted by molar-refractivity contribution is 6.12. The van der Waals surface area contributed by atoms with Crippen molar-refractivity contribution >= 4 is 17.2 Å². The summed E-state index contributed by atoms with van der Waals surface area (Å²) in [5, 5.41) is 18.9. The lowest BCUT2D eigenvalue weighted by molar-refractivity contribution is 0.684. The highest BCUT2D eigenvalue weighted by Crippen LogP contribution is 2.15. The lowest BCUT2D eigenvalue weighted by Gasteiger charge is -2.11. The van der Waals surface area contributed by atoms with Crippen molar-refractivity contribution in [1.29, 1.82) is 10.8 Å². The molecule has 0 amide bonds. The predicted octanol–water partition coefficient (Wildman–Crippen LogP) is 5.37. The molecule has 4 nitrogen and oxygen atoms in total. The average molecular weight is 316 g/mol. The zero-order valence-corrected chi connectivity index (χ0v) is 15.3. The van der Waals surface area contributed by atoms with Gasteiger partial charge in [0.15, 0.2) is 0 Å². The van der Waals surface area contributed by atoms with E-state index in [-0.39, 0.29) is 0 Å². The Bertz CT molecular complexity index is 518. The Balaban J connectivity index is 0.00000232. The van der Waals surface area contributed by atoms with Crippen LogP contribution in [-0.4, -0.2) is 23.0 Å². The van der Waals surface area contributed by atoms with E-state index in [9.17, 15) is 0 Å². The molecular weight excluding hydrogens is 284 g/mol. The summed E-state index contributed by atoms with van der Waals surface area (Å²) in [6, 6.07) is 3.83. The van der Waals surface area contributed by atoms with Crippen molar-refractivity contribution in [3.63, 3.8) is 0 Å². The number of nitrogens with zero attached hydrogens (tertiary/aromatic N) is 1. The van der Waals surface area contributed by atoms with Gasteiger partial charge in [-0.05, 0) is 44.6 Å². The Kier molecular flexibility index (Phi) is 11.5. The SMILES string of the molecule is CC.CCCCCCNc1nc(C)ccc1C(=N)/C=C\C(C)=N. The molecule has 0 aliphatic heterocycles.